The summed E-state index contributed by atoms with van der Waals surface area (Å²) in [7, 11) is 0. The number of halogens is 3. The zero-order valence-electron chi connectivity index (χ0n) is 16.5. The van der Waals surface area contributed by atoms with Crippen LogP contribution in [0.5, 0.6) is 5.75 Å². The molecule has 2 N–H and O–H groups in total. The number of hydrogen-bond acceptors (Lipinski definition) is 3. The van der Waals surface area contributed by atoms with Crippen molar-refractivity contribution in [3.63, 3.8) is 0 Å². The third-order valence-corrected chi connectivity index (χ3v) is 5.71. The Morgan fingerprint density at radius 2 is 1.90 bits per heavy atom. The fourth-order valence-electron chi connectivity index (χ4n) is 3.79. The monoisotopic (exact) mass is 435 g/mol. The van der Waals surface area contributed by atoms with Gasteiger partial charge in [0.15, 0.2) is 17.4 Å². The smallest absolute Gasteiger partial charge is 0.311 e. The van der Waals surface area contributed by atoms with E-state index in [1.54, 1.807) is 26.0 Å². The summed E-state index contributed by atoms with van der Waals surface area (Å²) in [4.78, 5) is 25.3. The van der Waals surface area contributed by atoms with Crippen LogP contribution in [0.2, 0.25) is 5.02 Å². The molecule has 1 heterocycles. The molecule has 5 nitrogen and oxygen atoms in total. The number of phenolic OH excluding ortho intramolecular Hbond substituents is 1. The van der Waals surface area contributed by atoms with E-state index >= 15 is 4.39 Å². The molecule has 3 rings (SSSR count). The molecule has 0 amide bonds. The predicted molar refractivity (Wildman–Crippen MR) is 109 cm³/mol. The molecule has 2 aromatic carbocycles. The maximum absolute atomic E-state index is 15.0. The van der Waals surface area contributed by atoms with Crippen LogP contribution >= 0.6 is 11.6 Å². The number of aliphatic carboxylic acids is 1. The average Bonchev–Trinajstić information content (AvgIpc) is 2.97. The molecule has 3 aromatic rings. The number of benzene rings is 2. The number of carboxylic acid groups (broad SMARTS) is 1. The number of fused-ring (bicyclic) bond motifs is 1. The molecule has 0 fully saturated rings. The molecule has 30 heavy (non-hydrogen) atoms. The summed E-state index contributed by atoms with van der Waals surface area (Å²) in [5, 5.41) is 19.7. The highest BCUT2D eigenvalue weighted by Gasteiger charge is 2.35. The fourth-order valence-corrected chi connectivity index (χ4v) is 3.98. The van der Waals surface area contributed by atoms with E-state index in [-0.39, 0.29) is 27.7 Å². The van der Waals surface area contributed by atoms with Gasteiger partial charge < -0.3 is 10.2 Å². The van der Waals surface area contributed by atoms with E-state index in [1.807, 2.05) is 0 Å². The number of aromatic nitrogens is 1. The topological polar surface area (TPSA) is 79.5 Å². The Kier molecular flexibility index (Phi) is 5.85. The lowest BCUT2D eigenvalue weighted by Crippen LogP contribution is -2.21. The predicted octanol–water partition coefficient (Wildman–Crippen LogP) is 5.49. The van der Waals surface area contributed by atoms with Crippen molar-refractivity contribution in [2.24, 2.45) is 5.92 Å². The van der Waals surface area contributed by atoms with Crippen molar-refractivity contribution in [2.75, 3.05) is 0 Å². The summed E-state index contributed by atoms with van der Waals surface area (Å²) in [6.45, 7) is 4.96. The van der Waals surface area contributed by atoms with Crippen molar-refractivity contribution in [2.45, 2.75) is 33.1 Å². The third kappa shape index (κ3) is 3.43. The van der Waals surface area contributed by atoms with Gasteiger partial charge in [-0.2, -0.15) is 0 Å². The zero-order chi connectivity index (χ0) is 22.3. The second kappa shape index (κ2) is 8.07. The number of carbonyl (C=O) groups excluding carboxylic acids is 1. The van der Waals surface area contributed by atoms with Crippen molar-refractivity contribution in [3.8, 4) is 5.75 Å². The van der Waals surface area contributed by atoms with Crippen molar-refractivity contribution < 1.29 is 28.6 Å². The van der Waals surface area contributed by atoms with E-state index in [4.69, 9.17) is 11.6 Å². The molecule has 0 radical (unpaired) electrons. The van der Waals surface area contributed by atoms with Gasteiger partial charge in [0.05, 0.1) is 11.4 Å². The first-order chi connectivity index (χ1) is 14.1. The Balaban J connectivity index is 2.44. The molecule has 0 spiro atoms. The summed E-state index contributed by atoms with van der Waals surface area (Å²) >= 11 is 5.97. The van der Waals surface area contributed by atoms with Gasteiger partial charge in [-0.3, -0.25) is 14.2 Å². The molecule has 0 aliphatic rings. The van der Waals surface area contributed by atoms with Crippen LogP contribution in [0, 0.1) is 24.5 Å². The minimum Gasteiger partial charge on any atom is -0.503 e. The Hall–Kier alpha value is -2.93. The molecule has 1 unspecified atom stereocenters. The largest absolute Gasteiger partial charge is 0.503 e. The van der Waals surface area contributed by atoms with Gasteiger partial charge in [-0.25, -0.2) is 8.78 Å². The summed E-state index contributed by atoms with van der Waals surface area (Å²) in [5.41, 5.74) is 0.204. The minimum atomic E-state index is -1.30. The van der Waals surface area contributed by atoms with Crippen LogP contribution in [0.1, 0.15) is 47.8 Å². The highest BCUT2D eigenvalue weighted by Crippen LogP contribution is 2.41. The van der Waals surface area contributed by atoms with Crippen LogP contribution in [0.25, 0.3) is 10.9 Å². The summed E-state index contributed by atoms with van der Waals surface area (Å²) in [6, 6.07) is 6.87. The molecular weight excluding hydrogens is 416 g/mol. The van der Waals surface area contributed by atoms with Gasteiger partial charge in [-0.05, 0) is 36.6 Å². The lowest BCUT2D eigenvalue weighted by Gasteiger charge is -2.20. The van der Waals surface area contributed by atoms with Gasteiger partial charge in [-0.15, -0.1) is 0 Å². The van der Waals surface area contributed by atoms with E-state index in [1.165, 1.54) is 19.1 Å². The highest BCUT2D eigenvalue weighted by molar-refractivity contribution is 6.31. The van der Waals surface area contributed by atoms with Crippen molar-refractivity contribution in [1.29, 1.82) is 0 Å². The number of rotatable bonds is 5. The van der Waals surface area contributed by atoms with E-state index in [2.05, 4.69) is 0 Å². The molecular formula is C22H20ClF2NO4. The highest BCUT2D eigenvalue weighted by atomic mass is 35.5. The summed E-state index contributed by atoms with van der Waals surface area (Å²) in [5.74, 6) is -7.16. The Bertz CT molecular complexity index is 1170. The molecule has 0 bridgehead atoms. The summed E-state index contributed by atoms with van der Waals surface area (Å²) in [6.07, 6.45) is 0.472. The van der Waals surface area contributed by atoms with Crippen LogP contribution in [-0.2, 0) is 4.79 Å². The summed E-state index contributed by atoms with van der Waals surface area (Å²) < 4.78 is 30.3. The number of carbonyl (C=O) groups is 2. The molecule has 8 heteroatoms. The van der Waals surface area contributed by atoms with Crippen molar-refractivity contribution in [3.05, 3.63) is 63.8 Å². The molecule has 0 saturated heterocycles. The van der Waals surface area contributed by atoms with Gasteiger partial charge in [0.1, 0.15) is 0 Å². The number of hydrogen-bond donors (Lipinski definition) is 2. The first-order valence-electron chi connectivity index (χ1n) is 9.35. The standard InChI is InChI=1S/C22H20ClF2NO4/c1-4-10(2)16(22(29)30)17-11(3)26(21(28)12-6-5-7-13(23)8-12)15-9-14(24)20(27)19(25)18(15)17/h5-10,16,27H,4H2,1-3H3,(H,29,30)/t10-,16?/m1/s1. The van der Waals surface area contributed by atoms with Crippen molar-refractivity contribution >= 4 is 34.4 Å². The number of phenols is 1. The van der Waals surface area contributed by atoms with Gasteiger partial charge in [-0.1, -0.05) is 37.9 Å². The maximum Gasteiger partial charge on any atom is 0.311 e. The maximum atomic E-state index is 15.0. The fraction of sp³-hybridized carbons (Fsp3) is 0.273. The second-order valence-corrected chi connectivity index (χ2v) is 7.70. The molecule has 0 aliphatic heterocycles. The van der Waals surface area contributed by atoms with E-state index in [0.29, 0.717) is 11.4 Å². The van der Waals surface area contributed by atoms with E-state index in [0.717, 1.165) is 10.6 Å². The third-order valence-electron chi connectivity index (χ3n) is 5.47. The van der Waals surface area contributed by atoms with Crippen molar-refractivity contribution in [1.82, 2.24) is 4.57 Å². The first-order valence-corrected chi connectivity index (χ1v) is 9.72. The van der Waals surface area contributed by atoms with Gasteiger partial charge in [0.25, 0.3) is 5.91 Å². The number of carboxylic acids is 1. The Morgan fingerprint density at radius 1 is 1.23 bits per heavy atom. The molecule has 0 aliphatic carbocycles. The van der Waals surface area contributed by atoms with Gasteiger partial charge in [0.2, 0.25) is 0 Å². The molecule has 158 valence electrons. The molecule has 0 saturated carbocycles. The molecule has 2 atom stereocenters. The zero-order valence-corrected chi connectivity index (χ0v) is 17.3. The van der Waals surface area contributed by atoms with Crippen LogP contribution in [0.4, 0.5) is 8.78 Å². The minimum absolute atomic E-state index is 0.0371. The van der Waals surface area contributed by atoms with E-state index in [9.17, 15) is 24.2 Å². The quantitative estimate of drug-likeness (QED) is 0.555. The lowest BCUT2D eigenvalue weighted by atomic mass is 9.84. The first kappa shape index (κ1) is 21.8. The van der Waals surface area contributed by atoms with Gasteiger partial charge in [0, 0.05) is 27.7 Å². The normalized spacial score (nSPS) is 13.4. The molecule has 1 aromatic heterocycles. The van der Waals surface area contributed by atoms with Crippen LogP contribution < -0.4 is 0 Å². The Labute approximate surface area is 176 Å². The number of nitrogens with zero attached hydrogens (tertiary/aromatic N) is 1. The lowest BCUT2D eigenvalue weighted by molar-refractivity contribution is -0.140. The average molecular weight is 436 g/mol. The SMILES string of the molecule is CC[C@@H](C)C(C(=O)O)c1c(C)n(C(=O)c2cccc(Cl)c2)c2cc(F)c(O)c(F)c12. The van der Waals surface area contributed by atoms with E-state index < -0.39 is 41.1 Å². The van der Waals surface area contributed by atoms with Crippen LogP contribution in [0.15, 0.2) is 30.3 Å². The Morgan fingerprint density at radius 3 is 2.47 bits per heavy atom. The van der Waals surface area contributed by atoms with Gasteiger partial charge >= 0.3 is 5.97 Å². The van der Waals surface area contributed by atoms with Crippen LogP contribution in [0.3, 0.4) is 0 Å². The number of aromatic hydroxyl groups is 1. The van der Waals surface area contributed by atoms with Crippen LogP contribution in [-0.4, -0.2) is 26.7 Å². The second-order valence-electron chi connectivity index (χ2n) is 7.27.